The lowest BCUT2D eigenvalue weighted by Crippen LogP contribution is -2.49. The van der Waals surface area contributed by atoms with Gasteiger partial charge in [-0.05, 0) is 44.0 Å². The summed E-state index contributed by atoms with van der Waals surface area (Å²) in [6.07, 6.45) is -0.258. The molecule has 1 aromatic rings. The summed E-state index contributed by atoms with van der Waals surface area (Å²) in [4.78, 5) is 18.4. The minimum absolute atomic E-state index is 0.258. The summed E-state index contributed by atoms with van der Waals surface area (Å²) in [6, 6.07) is 6.09. The summed E-state index contributed by atoms with van der Waals surface area (Å²) >= 11 is 0. The quantitative estimate of drug-likeness (QED) is 0.787. The maximum atomic E-state index is 13.7. The number of anilines is 1. The van der Waals surface area contributed by atoms with Gasteiger partial charge in [0.05, 0.1) is 13.2 Å². The van der Waals surface area contributed by atoms with E-state index in [1.54, 1.807) is 4.90 Å². The van der Waals surface area contributed by atoms with Crippen molar-refractivity contribution < 1.29 is 18.7 Å². The number of amides is 1. The Bertz CT molecular complexity index is 663. The maximum absolute atomic E-state index is 13.7. The normalized spacial score (nSPS) is 19.0. The van der Waals surface area contributed by atoms with Crippen LogP contribution in [0.5, 0.6) is 0 Å². The second-order valence-electron chi connectivity index (χ2n) is 8.43. The van der Waals surface area contributed by atoms with E-state index in [2.05, 4.69) is 15.9 Å². The van der Waals surface area contributed by atoms with Crippen molar-refractivity contribution in [3.05, 3.63) is 29.3 Å². The molecular formula is C21H32FN3O3. The predicted molar refractivity (Wildman–Crippen MR) is 107 cm³/mol. The molecule has 6 nitrogen and oxygen atoms in total. The van der Waals surface area contributed by atoms with Crippen LogP contribution in [0.4, 0.5) is 14.9 Å². The number of piperazine rings is 1. The molecule has 1 amide bonds. The molecule has 3 rings (SSSR count). The molecule has 1 aromatic carbocycles. The highest BCUT2D eigenvalue weighted by molar-refractivity contribution is 5.68. The molecule has 28 heavy (non-hydrogen) atoms. The summed E-state index contributed by atoms with van der Waals surface area (Å²) in [7, 11) is 0. The van der Waals surface area contributed by atoms with Crippen LogP contribution in [0.3, 0.4) is 0 Å². The summed E-state index contributed by atoms with van der Waals surface area (Å²) in [5.74, 6) is 0. The van der Waals surface area contributed by atoms with Gasteiger partial charge < -0.3 is 19.3 Å². The fraction of sp³-hybridized carbons (Fsp3) is 0.667. The van der Waals surface area contributed by atoms with Crippen molar-refractivity contribution in [3.63, 3.8) is 0 Å². The van der Waals surface area contributed by atoms with Crippen LogP contribution in [-0.2, 0) is 22.7 Å². The zero-order chi connectivity index (χ0) is 20.1. The smallest absolute Gasteiger partial charge is 0.410 e. The van der Waals surface area contributed by atoms with Gasteiger partial charge in [0.15, 0.2) is 0 Å². The summed E-state index contributed by atoms with van der Waals surface area (Å²) in [5.41, 5.74) is 2.35. The van der Waals surface area contributed by atoms with Gasteiger partial charge in [-0.1, -0.05) is 6.07 Å². The highest BCUT2D eigenvalue weighted by atomic mass is 19.1. The fourth-order valence-electron chi connectivity index (χ4n) is 3.57. The first-order chi connectivity index (χ1) is 13.4. The number of morpholine rings is 1. The van der Waals surface area contributed by atoms with E-state index in [0.29, 0.717) is 32.8 Å². The number of nitrogens with zero attached hydrogens (tertiary/aromatic N) is 3. The van der Waals surface area contributed by atoms with Crippen molar-refractivity contribution in [3.8, 4) is 0 Å². The number of hydrogen-bond donors (Lipinski definition) is 0. The zero-order valence-electron chi connectivity index (χ0n) is 17.2. The van der Waals surface area contributed by atoms with Crippen LogP contribution in [0.2, 0.25) is 0 Å². The Labute approximate surface area is 167 Å². The van der Waals surface area contributed by atoms with Crippen LogP contribution < -0.4 is 4.90 Å². The molecule has 0 aliphatic carbocycles. The lowest BCUT2D eigenvalue weighted by molar-refractivity contribution is 0.0139. The van der Waals surface area contributed by atoms with E-state index < -0.39 is 12.3 Å². The molecule has 0 saturated carbocycles. The molecule has 0 bridgehead atoms. The van der Waals surface area contributed by atoms with E-state index in [9.17, 15) is 9.18 Å². The van der Waals surface area contributed by atoms with Crippen molar-refractivity contribution in [1.29, 1.82) is 0 Å². The molecule has 156 valence electrons. The highest BCUT2D eigenvalue weighted by Gasteiger charge is 2.26. The second-order valence-corrected chi connectivity index (χ2v) is 8.43. The molecule has 2 fully saturated rings. The van der Waals surface area contributed by atoms with Crippen molar-refractivity contribution >= 4 is 11.8 Å². The van der Waals surface area contributed by atoms with E-state index >= 15 is 0 Å². The zero-order valence-corrected chi connectivity index (χ0v) is 17.2. The van der Waals surface area contributed by atoms with Crippen molar-refractivity contribution in [2.24, 2.45) is 0 Å². The maximum Gasteiger partial charge on any atom is 0.410 e. The van der Waals surface area contributed by atoms with Crippen LogP contribution >= 0.6 is 0 Å². The van der Waals surface area contributed by atoms with Gasteiger partial charge in [0.1, 0.15) is 12.3 Å². The molecular weight excluding hydrogens is 361 g/mol. The molecule has 0 aromatic heterocycles. The Hall–Kier alpha value is -1.86. The standard InChI is InChI=1S/C21H32FN3O3/c1-21(2,3)28-20(26)25-8-6-23(7-9-25)16-17-4-5-19(14-18(17)15-22)24-10-12-27-13-11-24/h4-5,14H,6-13,15-16H2,1-3H3. The van der Waals surface area contributed by atoms with Crippen molar-refractivity contribution in [1.82, 2.24) is 9.80 Å². The number of ether oxygens (including phenoxy) is 2. The van der Waals surface area contributed by atoms with E-state index in [1.165, 1.54) is 0 Å². The third kappa shape index (κ3) is 5.58. The van der Waals surface area contributed by atoms with Crippen molar-refractivity contribution in [2.75, 3.05) is 57.4 Å². The van der Waals surface area contributed by atoms with Gasteiger partial charge in [-0.2, -0.15) is 0 Å². The topological polar surface area (TPSA) is 45.2 Å². The molecule has 0 N–H and O–H groups in total. The predicted octanol–water partition coefficient (Wildman–Crippen LogP) is 3.05. The Balaban J connectivity index is 1.56. The number of alkyl halides is 1. The number of hydrogen-bond acceptors (Lipinski definition) is 5. The lowest BCUT2D eigenvalue weighted by atomic mass is 10.1. The SMILES string of the molecule is CC(C)(C)OC(=O)N1CCN(Cc2ccc(N3CCOCC3)cc2CF)CC1. The molecule has 2 aliphatic heterocycles. The number of carbonyl (C=O) groups is 1. The average molecular weight is 394 g/mol. The van der Waals surface area contributed by atoms with Crippen LogP contribution in [0.25, 0.3) is 0 Å². The highest BCUT2D eigenvalue weighted by Crippen LogP contribution is 2.23. The van der Waals surface area contributed by atoms with Gasteiger partial charge in [-0.25, -0.2) is 9.18 Å². The Kier molecular flexibility index (Phi) is 6.78. The Morgan fingerprint density at radius 3 is 2.36 bits per heavy atom. The van der Waals surface area contributed by atoms with Gasteiger partial charge in [0, 0.05) is 51.5 Å². The van der Waals surface area contributed by atoms with Gasteiger partial charge in [-0.3, -0.25) is 4.90 Å². The number of rotatable bonds is 4. The first-order valence-corrected chi connectivity index (χ1v) is 10.1. The fourth-order valence-corrected chi connectivity index (χ4v) is 3.57. The Morgan fingerprint density at radius 2 is 1.75 bits per heavy atom. The van der Waals surface area contributed by atoms with E-state index in [4.69, 9.17) is 9.47 Å². The van der Waals surface area contributed by atoms with Gasteiger partial charge >= 0.3 is 6.09 Å². The van der Waals surface area contributed by atoms with E-state index in [1.807, 2.05) is 32.9 Å². The number of halogens is 1. The molecule has 2 heterocycles. The molecule has 2 aliphatic rings. The third-order valence-corrected chi connectivity index (χ3v) is 5.13. The molecule has 0 radical (unpaired) electrons. The second kappa shape index (κ2) is 9.09. The van der Waals surface area contributed by atoms with Crippen LogP contribution in [0.1, 0.15) is 31.9 Å². The minimum Gasteiger partial charge on any atom is -0.444 e. The largest absolute Gasteiger partial charge is 0.444 e. The monoisotopic (exact) mass is 393 g/mol. The summed E-state index contributed by atoms with van der Waals surface area (Å²) < 4.78 is 24.5. The molecule has 0 spiro atoms. The average Bonchev–Trinajstić information content (AvgIpc) is 2.68. The molecule has 2 saturated heterocycles. The summed E-state index contributed by atoms with van der Waals surface area (Å²) in [5, 5.41) is 0. The minimum atomic E-state index is -0.480. The molecule has 0 atom stereocenters. The number of carbonyl (C=O) groups excluding carboxylic acids is 1. The van der Waals surface area contributed by atoms with Gasteiger partial charge in [0.25, 0.3) is 0 Å². The van der Waals surface area contributed by atoms with Crippen LogP contribution in [0, 0.1) is 0 Å². The molecule has 7 heteroatoms. The van der Waals surface area contributed by atoms with E-state index in [-0.39, 0.29) is 6.09 Å². The van der Waals surface area contributed by atoms with E-state index in [0.717, 1.165) is 43.0 Å². The van der Waals surface area contributed by atoms with Crippen molar-refractivity contribution in [2.45, 2.75) is 39.6 Å². The van der Waals surface area contributed by atoms with Crippen LogP contribution in [-0.4, -0.2) is 74.0 Å². The van der Waals surface area contributed by atoms with Crippen LogP contribution in [0.15, 0.2) is 18.2 Å². The first kappa shape index (κ1) is 20.9. The molecule has 0 unspecified atom stereocenters. The van der Waals surface area contributed by atoms with Gasteiger partial charge in [-0.15, -0.1) is 0 Å². The summed E-state index contributed by atoms with van der Waals surface area (Å²) in [6.45, 7) is 11.8. The Morgan fingerprint density at radius 1 is 1.07 bits per heavy atom. The first-order valence-electron chi connectivity index (χ1n) is 10.1. The number of benzene rings is 1. The van der Waals surface area contributed by atoms with Gasteiger partial charge in [0.2, 0.25) is 0 Å². The third-order valence-electron chi connectivity index (χ3n) is 5.13. The lowest BCUT2D eigenvalue weighted by Gasteiger charge is -2.36.